The van der Waals surface area contributed by atoms with Crippen LogP contribution in [-0.4, -0.2) is 67.7 Å². The van der Waals surface area contributed by atoms with Gasteiger partial charge in [0.25, 0.3) is 0 Å². The third-order valence-corrected chi connectivity index (χ3v) is 5.97. The molecule has 2 aliphatic rings. The summed E-state index contributed by atoms with van der Waals surface area (Å²) < 4.78 is 37.7. The van der Waals surface area contributed by atoms with Crippen LogP contribution in [0.5, 0.6) is 0 Å². The number of hydrogen-bond donors (Lipinski definition) is 2. The summed E-state index contributed by atoms with van der Waals surface area (Å²) in [5.74, 6) is 0.925. The Kier molecular flexibility index (Phi) is 9.02. The van der Waals surface area contributed by atoms with Gasteiger partial charge in [-0.3, -0.25) is 9.80 Å². The largest absolute Gasteiger partial charge is 0.401 e. The van der Waals surface area contributed by atoms with E-state index < -0.39 is 12.7 Å². The van der Waals surface area contributed by atoms with Crippen molar-refractivity contribution in [3.8, 4) is 0 Å². The van der Waals surface area contributed by atoms with Crippen LogP contribution >= 0.6 is 0 Å². The van der Waals surface area contributed by atoms with Crippen molar-refractivity contribution in [3.05, 3.63) is 35.4 Å². The van der Waals surface area contributed by atoms with Crippen molar-refractivity contribution in [1.29, 1.82) is 0 Å². The number of aliphatic imine (C=N–C) groups is 1. The summed E-state index contributed by atoms with van der Waals surface area (Å²) in [5, 5.41) is 6.54. The predicted octanol–water partition coefficient (Wildman–Crippen LogP) is 3.61. The molecule has 8 heteroatoms. The molecule has 5 nitrogen and oxygen atoms in total. The average Bonchev–Trinajstić information content (AvgIpc) is 3.17. The average molecular weight is 440 g/mol. The first-order chi connectivity index (χ1) is 14.9. The van der Waals surface area contributed by atoms with Crippen molar-refractivity contribution in [1.82, 2.24) is 20.4 Å². The van der Waals surface area contributed by atoms with Crippen LogP contribution in [0.15, 0.2) is 29.3 Å². The van der Waals surface area contributed by atoms with Gasteiger partial charge in [-0.1, -0.05) is 30.7 Å². The molecular weight excluding hydrogens is 403 g/mol. The van der Waals surface area contributed by atoms with Gasteiger partial charge in [-0.25, -0.2) is 4.99 Å². The van der Waals surface area contributed by atoms with Crippen molar-refractivity contribution < 1.29 is 13.2 Å². The van der Waals surface area contributed by atoms with Crippen LogP contribution in [0.3, 0.4) is 0 Å². The fourth-order valence-corrected chi connectivity index (χ4v) is 4.36. The van der Waals surface area contributed by atoms with Crippen LogP contribution in [0.1, 0.15) is 43.7 Å². The second kappa shape index (κ2) is 11.7. The maximum absolute atomic E-state index is 12.6. The van der Waals surface area contributed by atoms with E-state index in [4.69, 9.17) is 0 Å². The Morgan fingerprint density at radius 2 is 1.71 bits per heavy atom. The minimum absolute atomic E-state index is 0.209. The molecule has 2 saturated heterocycles. The zero-order valence-corrected chi connectivity index (χ0v) is 18.6. The number of guanidine groups is 1. The Hall–Kier alpha value is -1.80. The van der Waals surface area contributed by atoms with Crippen molar-refractivity contribution in [3.63, 3.8) is 0 Å². The van der Waals surface area contributed by atoms with Crippen molar-refractivity contribution in [2.45, 2.75) is 51.9 Å². The molecule has 31 heavy (non-hydrogen) atoms. The zero-order chi connectivity index (χ0) is 22.1. The Bertz CT molecular complexity index is 683. The molecule has 1 aromatic rings. The van der Waals surface area contributed by atoms with Gasteiger partial charge in [0, 0.05) is 26.2 Å². The summed E-state index contributed by atoms with van der Waals surface area (Å²) in [6.07, 6.45) is 0.605. The lowest BCUT2D eigenvalue weighted by atomic mass is 10.1. The molecule has 1 aromatic carbocycles. The summed E-state index contributed by atoms with van der Waals surface area (Å²) in [6, 6.07) is 8.65. The van der Waals surface area contributed by atoms with E-state index in [0.717, 1.165) is 25.1 Å². The lowest BCUT2D eigenvalue weighted by molar-refractivity contribution is -0.143. The molecule has 2 N–H and O–H groups in total. The third kappa shape index (κ3) is 8.69. The van der Waals surface area contributed by atoms with Crippen LogP contribution < -0.4 is 10.6 Å². The molecule has 0 aromatic heterocycles. The van der Waals surface area contributed by atoms with Gasteiger partial charge in [-0.15, -0.1) is 0 Å². The van der Waals surface area contributed by atoms with Crippen LogP contribution in [0.2, 0.25) is 0 Å². The number of likely N-dealkylation sites (tertiary alicyclic amines) is 2. The molecule has 3 rings (SSSR count). The Morgan fingerprint density at radius 3 is 2.39 bits per heavy atom. The summed E-state index contributed by atoms with van der Waals surface area (Å²) in [5.41, 5.74) is 2.49. The van der Waals surface area contributed by atoms with Crippen molar-refractivity contribution in [2.24, 2.45) is 10.9 Å². The molecule has 1 unspecified atom stereocenters. The predicted molar refractivity (Wildman–Crippen MR) is 119 cm³/mol. The molecule has 0 aliphatic carbocycles. The van der Waals surface area contributed by atoms with Crippen molar-refractivity contribution in [2.75, 3.05) is 45.8 Å². The SMILES string of the molecule is CCNC(=NCc1ccc(CN2CCCCC2)cc1)NCC1CCN(CC(F)(F)F)C1. The highest BCUT2D eigenvalue weighted by Gasteiger charge is 2.34. The number of piperidine rings is 1. The number of nitrogens with one attached hydrogen (secondary N) is 2. The van der Waals surface area contributed by atoms with Gasteiger partial charge in [0.15, 0.2) is 5.96 Å². The minimum Gasteiger partial charge on any atom is -0.357 e. The lowest BCUT2D eigenvalue weighted by Gasteiger charge is -2.26. The van der Waals surface area contributed by atoms with Gasteiger partial charge in [0.2, 0.25) is 0 Å². The maximum atomic E-state index is 12.6. The number of rotatable bonds is 8. The second-order valence-electron chi connectivity index (χ2n) is 8.73. The van der Waals surface area contributed by atoms with Gasteiger partial charge in [0.05, 0.1) is 13.1 Å². The van der Waals surface area contributed by atoms with E-state index in [0.29, 0.717) is 32.1 Å². The molecule has 0 amide bonds. The third-order valence-electron chi connectivity index (χ3n) is 5.97. The first-order valence-electron chi connectivity index (χ1n) is 11.5. The van der Waals surface area contributed by atoms with Gasteiger partial charge in [-0.05, 0) is 62.9 Å². The summed E-state index contributed by atoms with van der Waals surface area (Å²) in [6.45, 7) is 7.52. The highest BCUT2D eigenvalue weighted by atomic mass is 19.4. The van der Waals surface area contributed by atoms with Crippen LogP contribution in [0.25, 0.3) is 0 Å². The van der Waals surface area contributed by atoms with Gasteiger partial charge < -0.3 is 10.6 Å². The number of hydrogen-bond acceptors (Lipinski definition) is 3. The highest BCUT2D eigenvalue weighted by molar-refractivity contribution is 5.79. The van der Waals surface area contributed by atoms with E-state index in [2.05, 4.69) is 44.8 Å². The Balaban J connectivity index is 1.44. The highest BCUT2D eigenvalue weighted by Crippen LogP contribution is 2.22. The number of benzene rings is 1. The monoisotopic (exact) mass is 439 g/mol. The lowest BCUT2D eigenvalue weighted by Crippen LogP contribution is -2.40. The minimum atomic E-state index is -4.12. The Labute approximate surface area is 184 Å². The van der Waals surface area contributed by atoms with E-state index in [1.54, 1.807) is 0 Å². The second-order valence-corrected chi connectivity index (χ2v) is 8.73. The Morgan fingerprint density at radius 1 is 1.00 bits per heavy atom. The van der Waals surface area contributed by atoms with Crippen LogP contribution in [0.4, 0.5) is 13.2 Å². The molecular formula is C23H36F3N5. The van der Waals surface area contributed by atoms with E-state index in [1.165, 1.54) is 42.8 Å². The summed E-state index contributed by atoms with van der Waals surface area (Å²) in [7, 11) is 0. The van der Waals surface area contributed by atoms with Crippen molar-refractivity contribution >= 4 is 5.96 Å². The molecule has 0 saturated carbocycles. The van der Waals surface area contributed by atoms with E-state index in [9.17, 15) is 13.2 Å². The van der Waals surface area contributed by atoms with Gasteiger partial charge in [-0.2, -0.15) is 13.2 Å². The first kappa shape index (κ1) is 23.9. The number of alkyl halides is 3. The fraction of sp³-hybridized carbons (Fsp3) is 0.696. The normalized spacial score (nSPS) is 21.4. The van der Waals surface area contributed by atoms with E-state index in [-0.39, 0.29) is 5.92 Å². The topological polar surface area (TPSA) is 42.9 Å². The first-order valence-corrected chi connectivity index (χ1v) is 11.5. The maximum Gasteiger partial charge on any atom is 0.401 e. The van der Waals surface area contributed by atoms with Crippen LogP contribution in [-0.2, 0) is 13.1 Å². The van der Waals surface area contributed by atoms with Crippen LogP contribution in [0, 0.1) is 5.92 Å². The molecule has 0 bridgehead atoms. The summed E-state index contributed by atoms with van der Waals surface area (Å²) >= 11 is 0. The molecule has 0 radical (unpaired) electrons. The quantitative estimate of drug-likeness (QED) is 0.480. The zero-order valence-electron chi connectivity index (χ0n) is 18.6. The smallest absolute Gasteiger partial charge is 0.357 e. The molecule has 174 valence electrons. The van der Waals surface area contributed by atoms with E-state index in [1.807, 2.05) is 6.92 Å². The van der Waals surface area contributed by atoms with E-state index >= 15 is 0 Å². The number of halogens is 3. The molecule has 2 fully saturated rings. The fourth-order valence-electron chi connectivity index (χ4n) is 4.36. The molecule has 0 spiro atoms. The molecule has 2 heterocycles. The number of nitrogens with zero attached hydrogens (tertiary/aromatic N) is 3. The summed E-state index contributed by atoms with van der Waals surface area (Å²) in [4.78, 5) is 8.66. The molecule has 1 atom stereocenters. The van der Waals surface area contributed by atoms with Gasteiger partial charge in [0.1, 0.15) is 0 Å². The van der Waals surface area contributed by atoms with Gasteiger partial charge >= 0.3 is 6.18 Å². The standard InChI is InChI=1S/C23H36F3N5/c1-2-27-22(29-15-21-10-13-31(17-21)18-23(24,25)26)28-14-19-6-8-20(9-7-19)16-30-11-4-3-5-12-30/h6-9,21H,2-5,10-18H2,1H3,(H2,27,28,29). The molecule has 2 aliphatic heterocycles.